The number of para-hydroxylation sites is 1. The molecule has 5 heteroatoms. The lowest BCUT2D eigenvalue weighted by Gasteiger charge is -2.09. The summed E-state index contributed by atoms with van der Waals surface area (Å²) in [5.41, 5.74) is 0.660. The summed E-state index contributed by atoms with van der Waals surface area (Å²) in [6, 6.07) is 14.0. The van der Waals surface area contributed by atoms with Gasteiger partial charge in [0.2, 0.25) is 0 Å². The van der Waals surface area contributed by atoms with Crippen molar-refractivity contribution >= 4 is 11.8 Å². The lowest BCUT2D eigenvalue weighted by molar-refractivity contribution is 0.215. The quantitative estimate of drug-likeness (QED) is 0.928. The molecule has 0 spiro atoms. The van der Waals surface area contributed by atoms with E-state index in [1.807, 2.05) is 18.2 Å². The highest BCUT2D eigenvalue weighted by atomic mass is 16.6. The minimum Gasteiger partial charge on any atom is -0.496 e. The van der Waals surface area contributed by atoms with Crippen molar-refractivity contribution in [3.63, 3.8) is 0 Å². The van der Waals surface area contributed by atoms with Crippen LogP contribution in [0.4, 0.5) is 10.5 Å². The third kappa shape index (κ3) is 3.65. The highest BCUT2D eigenvalue weighted by Crippen LogP contribution is 2.27. The molecule has 0 aromatic heterocycles. The van der Waals surface area contributed by atoms with Crippen molar-refractivity contribution in [2.75, 3.05) is 19.5 Å². The number of hydrogen-bond donors (Lipinski definition) is 1. The van der Waals surface area contributed by atoms with Crippen LogP contribution in [0.2, 0.25) is 0 Å². The number of carbonyl (C=O) groups is 1. The zero-order valence-electron chi connectivity index (χ0n) is 11.3. The molecule has 0 atom stereocenters. The minimum absolute atomic E-state index is 0.342. The van der Waals surface area contributed by atoms with Gasteiger partial charge in [-0.05, 0) is 12.1 Å². The van der Waals surface area contributed by atoms with Crippen LogP contribution in [0.1, 0.15) is 0 Å². The molecule has 2 rings (SSSR count). The van der Waals surface area contributed by atoms with Gasteiger partial charge in [0.05, 0.1) is 14.2 Å². The van der Waals surface area contributed by atoms with Crippen molar-refractivity contribution in [2.24, 2.45) is 0 Å². The summed E-state index contributed by atoms with van der Waals surface area (Å²) in [5.74, 6) is 1.44. The zero-order valence-corrected chi connectivity index (χ0v) is 11.3. The summed E-state index contributed by atoms with van der Waals surface area (Å²) >= 11 is 0. The van der Waals surface area contributed by atoms with Gasteiger partial charge in [-0.2, -0.15) is 0 Å². The summed E-state index contributed by atoms with van der Waals surface area (Å²) in [7, 11) is 3.06. The van der Waals surface area contributed by atoms with Gasteiger partial charge in [-0.25, -0.2) is 4.79 Å². The topological polar surface area (TPSA) is 56.8 Å². The number of carbonyl (C=O) groups excluding carboxylic acids is 1. The van der Waals surface area contributed by atoms with Crippen LogP contribution in [0.3, 0.4) is 0 Å². The number of anilines is 1. The highest BCUT2D eigenvalue weighted by Gasteiger charge is 2.08. The zero-order chi connectivity index (χ0) is 14.4. The number of hydrogen-bond acceptors (Lipinski definition) is 4. The summed E-state index contributed by atoms with van der Waals surface area (Å²) < 4.78 is 15.4. The summed E-state index contributed by atoms with van der Waals surface area (Å²) in [5, 5.41) is 2.62. The van der Waals surface area contributed by atoms with Gasteiger partial charge in [0.25, 0.3) is 0 Å². The van der Waals surface area contributed by atoms with Gasteiger partial charge in [0.15, 0.2) is 0 Å². The lowest BCUT2D eigenvalue weighted by atomic mass is 10.3. The molecule has 0 fully saturated rings. The average Bonchev–Trinajstić information content (AvgIpc) is 2.47. The van der Waals surface area contributed by atoms with E-state index in [0.717, 1.165) is 0 Å². The molecule has 0 saturated carbocycles. The first-order chi connectivity index (χ1) is 9.71. The number of ether oxygens (including phenoxy) is 3. The van der Waals surface area contributed by atoms with E-state index in [-0.39, 0.29) is 0 Å². The Hall–Kier alpha value is -2.69. The Balaban J connectivity index is 2.07. The van der Waals surface area contributed by atoms with E-state index in [1.165, 1.54) is 14.2 Å². The van der Waals surface area contributed by atoms with E-state index in [0.29, 0.717) is 22.9 Å². The molecular formula is C15H15NO4. The van der Waals surface area contributed by atoms with Gasteiger partial charge < -0.3 is 14.2 Å². The molecule has 0 aliphatic carbocycles. The first-order valence-corrected chi connectivity index (χ1v) is 5.98. The van der Waals surface area contributed by atoms with E-state index in [9.17, 15) is 4.79 Å². The van der Waals surface area contributed by atoms with Gasteiger partial charge in [-0.1, -0.05) is 18.2 Å². The third-order valence-corrected chi connectivity index (χ3v) is 2.56. The van der Waals surface area contributed by atoms with Gasteiger partial charge in [0.1, 0.15) is 17.2 Å². The molecule has 0 unspecified atom stereocenters. The maximum atomic E-state index is 11.8. The normalized spacial score (nSPS) is 9.70. The highest BCUT2D eigenvalue weighted by molar-refractivity contribution is 5.86. The predicted molar refractivity (Wildman–Crippen MR) is 75.6 cm³/mol. The molecule has 20 heavy (non-hydrogen) atoms. The van der Waals surface area contributed by atoms with Crippen LogP contribution < -0.4 is 19.5 Å². The first kappa shape index (κ1) is 13.7. The van der Waals surface area contributed by atoms with Crippen LogP contribution in [-0.4, -0.2) is 20.3 Å². The first-order valence-electron chi connectivity index (χ1n) is 5.98. The fraction of sp³-hybridized carbons (Fsp3) is 0.133. The third-order valence-electron chi connectivity index (χ3n) is 2.56. The van der Waals surface area contributed by atoms with E-state index in [1.54, 1.807) is 30.3 Å². The molecule has 0 heterocycles. The van der Waals surface area contributed by atoms with Gasteiger partial charge in [0, 0.05) is 23.9 Å². The van der Waals surface area contributed by atoms with Crippen molar-refractivity contribution in [2.45, 2.75) is 0 Å². The number of amides is 1. The molecule has 0 aliphatic rings. The Labute approximate surface area is 117 Å². The summed E-state index contributed by atoms with van der Waals surface area (Å²) in [4.78, 5) is 11.8. The van der Waals surface area contributed by atoms with E-state index in [2.05, 4.69) is 5.32 Å². The summed E-state index contributed by atoms with van der Waals surface area (Å²) in [6.07, 6.45) is -0.577. The minimum atomic E-state index is -0.577. The molecule has 1 N–H and O–H groups in total. The van der Waals surface area contributed by atoms with Crippen LogP contribution in [0.25, 0.3) is 0 Å². The number of nitrogens with one attached hydrogen (secondary N) is 1. The number of rotatable bonds is 4. The monoisotopic (exact) mass is 273 g/mol. The second-order valence-corrected chi connectivity index (χ2v) is 3.93. The fourth-order valence-corrected chi connectivity index (χ4v) is 1.61. The van der Waals surface area contributed by atoms with Gasteiger partial charge >= 0.3 is 6.09 Å². The van der Waals surface area contributed by atoms with Crippen LogP contribution in [-0.2, 0) is 0 Å². The maximum absolute atomic E-state index is 11.8. The van der Waals surface area contributed by atoms with Crippen LogP contribution in [0.15, 0.2) is 48.5 Å². The SMILES string of the molecule is COc1cc(OC)cc(OC(=O)Nc2ccccc2)c1. The van der Waals surface area contributed by atoms with Crippen LogP contribution >= 0.6 is 0 Å². The van der Waals surface area contributed by atoms with Crippen LogP contribution in [0.5, 0.6) is 17.2 Å². The Kier molecular flexibility index (Phi) is 4.44. The fourth-order valence-electron chi connectivity index (χ4n) is 1.61. The molecule has 0 aliphatic heterocycles. The van der Waals surface area contributed by atoms with Crippen molar-refractivity contribution < 1.29 is 19.0 Å². The Bertz CT molecular complexity index is 561. The van der Waals surface area contributed by atoms with Crippen molar-refractivity contribution in [1.82, 2.24) is 0 Å². The van der Waals surface area contributed by atoms with Gasteiger partial charge in [-0.15, -0.1) is 0 Å². The standard InChI is InChI=1S/C15H15NO4/c1-18-12-8-13(19-2)10-14(9-12)20-15(17)16-11-6-4-3-5-7-11/h3-10H,1-2H3,(H,16,17). The smallest absolute Gasteiger partial charge is 0.417 e. The molecule has 0 bridgehead atoms. The van der Waals surface area contributed by atoms with Gasteiger partial charge in [-0.3, -0.25) is 5.32 Å². The molecule has 0 saturated heterocycles. The molecule has 1 amide bonds. The second-order valence-electron chi connectivity index (χ2n) is 3.93. The van der Waals surface area contributed by atoms with Crippen molar-refractivity contribution in [1.29, 1.82) is 0 Å². The lowest BCUT2D eigenvalue weighted by Crippen LogP contribution is -2.16. The van der Waals surface area contributed by atoms with Crippen molar-refractivity contribution in [3.05, 3.63) is 48.5 Å². The largest absolute Gasteiger partial charge is 0.496 e. The molecule has 5 nitrogen and oxygen atoms in total. The van der Waals surface area contributed by atoms with Crippen LogP contribution in [0, 0.1) is 0 Å². The average molecular weight is 273 g/mol. The predicted octanol–water partition coefficient (Wildman–Crippen LogP) is 3.31. The molecule has 104 valence electrons. The number of methoxy groups -OCH3 is 2. The van der Waals surface area contributed by atoms with E-state index in [4.69, 9.17) is 14.2 Å². The summed E-state index contributed by atoms with van der Waals surface area (Å²) in [6.45, 7) is 0. The van der Waals surface area contributed by atoms with E-state index < -0.39 is 6.09 Å². The number of benzene rings is 2. The molecule has 0 radical (unpaired) electrons. The Morgan fingerprint density at radius 2 is 1.45 bits per heavy atom. The Morgan fingerprint density at radius 1 is 0.900 bits per heavy atom. The molecule has 2 aromatic carbocycles. The molecule has 2 aromatic rings. The molecular weight excluding hydrogens is 258 g/mol. The van der Waals surface area contributed by atoms with E-state index >= 15 is 0 Å². The van der Waals surface area contributed by atoms with Crippen molar-refractivity contribution in [3.8, 4) is 17.2 Å². The second kappa shape index (κ2) is 6.47. The Morgan fingerprint density at radius 3 is 2.00 bits per heavy atom. The maximum Gasteiger partial charge on any atom is 0.417 e.